The van der Waals surface area contributed by atoms with Gasteiger partial charge in [-0.3, -0.25) is 0 Å². The van der Waals surface area contributed by atoms with Crippen molar-refractivity contribution in [1.29, 1.82) is 0 Å². The Bertz CT molecular complexity index is 428. The van der Waals surface area contributed by atoms with Crippen LogP contribution in [0, 0.1) is 46.3 Å². The standard InChI is InChI=1S/C20H34BCl/c1-11-15-7-13(19(15,3)4)9-17(11)21(22)18-10-14-8-16(12(18)2)20(14,5)6/h11-18H,7-10H2,1-6H3/t11-,12+,13?,14?,15?,16?,17-,18+. The van der Waals surface area contributed by atoms with Crippen LogP contribution in [0.25, 0.3) is 0 Å². The third-order valence-corrected chi connectivity index (χ3v) is 10.3. The van der Waals surface area contributed by atoms with Crippen molar-refractivity contribution in [3.8, 4) is 0 Å². The molecule has 0 radical (unpaired) electrons. The topological polar surface area (TPSA) is 0 Å². The minimum atomic E-state index is 0.438. The number of halogens is 1. The lowest BCUT2D eigenvalue weighted by Gasteiger charge is -2.65. The van der Waals surface area contributed by atoms with Crippen LogP contribution in [0.4, 0.5) is 0 Å². The van der Waals surface area contributed by atoms with Crippen molar-refractivity contribution >= 4 is 17.6 Å². The highest BCUT2D eigenvalue weighted by atomic mass is 35.5. The van der Waals surface area contributed by atoms with Gasteiger partial charge in [0.25, 0.3) is 6.13 Å². The van der Waals surface area contributed by atoms with E-state index < -0.39 is 0 Å². The first-order valence-corrected chi connectivity index (χ1v) is 10.2. The van der Waals surface area contributed by atoms with Gasteiger partial charge in [-0.25, -0.2) is 0 Å². The van der Waals surface area contributed by atoms with Gasteiger partial charge in [-0.05, 0) is 70.8 Å². The maximum Gasteiger partial charge on any atom is 0.257 e. The molecule has 2 heteroatoms. The predicted molar refractivity (Wildman–Crippen MR) is 97.4 cm³/mol. The summed E-state index contributed by atoms with van der Waals surface area (Å²) in [7, 11) is 0. The van der Waals surface area contributed by atoms with E-state index in [1.807, 2.05) is 0 Å². The van der Waals surface area contributed by atoms with Gasteiger partial charge in [-0.2, -0.15) is 11.5 Å². The number of rotatable bonds is 2. The van der Waals surface area contributed by atoms with Crippen LogP contribution in [0.2, 0.25) is 11.6 Å². The molecule has 0 amide bonds. The molecule has 4 unspecified atom stereocenters. The molecule has 124 valence electrons. The molecule has 8 atom stereocenters. The van der Waals surface area contributed by atoms with E-state index in [0.717, 1.165) is 47.1 Å². The molecule has 22 heavy (non-hydrogen) atoms. The van der Waals surface area contributed by atoms with E-state index in [0.29, 0.717) is 17.0 Å². The first-order valence-electron chi connectivity index (χ1n) is 9.79. The molecular formula is C20H34BCl. The summed E-state index contributed by atoms with van der Waals surface area (Å²) in [5, 5.41) is 0. The van der Waals surface area contributed by atoms with Crippen LogP contribution in [0.1, 0.15) is 67.2 Å². The van der Waals surface area contributed by atoms with Crippen molar-refractivity contribution < 1.29 is 0 Å². The van der Waals surface area contributed by atoms with Crippen LogP contribution in [-0.4, -0.2) is 6.13 Å². The Balaban J connectivity index is 1.49. The van der Waals surface area contributed by atoms with Crippen LogP contribution in [0.3, 0.4) is 0 Å². The summed E-state index contributed by atoms with van der Waals surface area (Å²) >= 11 is 7.19. The summed E-state index contributed by atoms with van der Waals surface area (Å²) in [5.41, 5.74) is 1.18. The second kappa shape index (κ2) is 4.71. The highest BCUT2D eigenvalue weighted by Gasteiger charge is 2.62. The zero-order valence-electron chi connectivity index (χ0n) is 15.4. The molecular weight excluding hydrogens is 286 g/mol. The minimum Gasteiger partial charge on any atom is -0.195 e. The van der Waals surface area contributed by atoms with Crippen LogP contribution < -0.4 is 0 Å². The third-order valence-electron chi connectivity index (χ3n) is 9.64. The van der Waals surface area contributed by atoms with Crippen LogP contribution in [0.5, 0.6) is 0 Å². The number of hydrogen-bond donors (Lipinski definition) is 0. The zero-order valence-corrected chi connectivity index (χ0v) is 16.2. The summed E-state index contributed by atoms with van der Waals surface area (Å²) < 4.78 is 0. The molecule has 6 rings (SSSR count). The Kier molecular flexibility index (Phi) is 3.39. The van der Waals surface area contributed by atoms with E-state index in [1.165, 1.54) is 25.7 Å². The molecule has 6 aliphatic rings. The molecule has 4 bridgehead atoms. The van der Waals surface area contributed by atoms with E-state index >= 15 is 0 Å². The molecule has 6 aliphatic carbocycles. The summed E-state index contributed by atoms with van der Waals surface area (Å²) in [6.07, 6.45) is 6.20. The molecule has 0 aromatic rings. The van der Waals surface area contributed by atoms with Gasteiger partial charge in [-0.15, -0.1) is 0 Å². The Morgan fingerprint density at radius 1 is 0.727 bits per heavy atom. The van der Waals surface area contributed by atoms with Crippen LogP contribution >= 0.6 is 11.5 Å². The van der Waals surface area contributed by atoms with E-state index in [1.54, 1.807) is 0 Å². The SMILES string of the molecule is C[C@@H]1C2CC(C[C@H]1B(Cl)[C@H]1CC3CC([C@@H]1C)C3(C)C)C2(C)C. The van der Waals surface area contributed by atoms with Gasteiger partial charge in [0.1, 0.15) is 0 Å². The van der Waals surface area contributed by atoms with E-state index in [9.17, 15) is 0 Å². The highest BCUT2D eigenvalue weighted by Crippen LogP contribution is 2.69. The summed E-state index contributed by atoms with van der Waals surface area (Å²) in [4.78, 5) is 0. The lowest BCUT2D eigenvalue weighted by Crippen LogP contribution is -2.58. The van der Waals surface area contributed by atoms with E-state index in [-0.39, 0.29) is 0 Å². The fourth-order valence-corrected chi connectivity index (χ4v) is 8.20. The Morgan fingerprint density at radius 3 is 1.36 bits per heavy atom. The second-order valence-electron chi connectivity index (χ2n) is 10.7. The summed E-state index contributed by atoms with van der Waals surface area (Å²) in [5.74, 6) is 7.00. The fourth-order valence-electron chi connectivity index (χ4n) is 7.54. The van der Waals surface area contributed by atoms with Crippen molar-refractivity contribution in [2.24, 2.45) is 46.3 Å². The normalized spacial score (nSPS) is 54.1. The zero-order chi connectivity index (χ0) is 16.0. The largest absolute Gasteiger partial charge is 0.257 e. The van der Waals surface area contributed by atoms with Crippen molar-refractivity contribution in [2.45, 2.75) is 78.9 Å². The molecule has 0 saturated heterocycles. The number of fused-ring (bicyclic) bond motifs is 4. The van der Waals surface area contributed by atoms with Gasteiger partial charge in [0.05, 0.1) is 0 Å². The lowest BCUT2D eigenvalue weighted by atomic mass is 9.30. The van der Waals surface area contributed by atoms with Gasteiger partial charge in [0.15, 0.2) is 0 Å². The average Bonchev–Trinajstić information content (AvgIpc) is 2.45. The van der Waals surface area contributed by atoms with Crippen LogP contribution in [0.15, 0.2) is 0 Å². The molecule has 0 heterocycles. The highest BCUT2D eigenvalue weighted by molar-refractivity contribution is 7.08. The van der Waals surface area contributed by atoms with Crippen LogP contribution in [-0.2, 0) is 0 Å². The number of hydrogen-bond acceptors (Lipinski definition) is 0. The van der Waals surface area contributed by atoms with Crippen molar-refractivity contribution in [2.75, 3.05) is 0 Å². The molecule has 0 nitrogen and oxygen atoms in total. The molecule has 0 spiro atoms. The maximum atomic E-state index is 7.19. The second-order valence-corrected chi connectivity index (χ2v) is 11.2. The summed E-state index contributed by atoms with van der Waals surface area (Å²) in [6.45, 7) is 15.0. The van der Waals surface area contributed by atoms with E-state index in [4.69, 9.17) is 11.5 Å². The summed E-state index contributed by atoms with van der Waals surface area (Å²) in [6, 6.07) is 0. The smallest absolute Gasteiger partial charge is 0.195 e. The van der Waals surface area contributed by atoms with Gasteiger partial charge in [0, 0.05) is 0 Å². The molecule has 0 N–H and O–H groups in total. The molecule has 0 aliphatic heterocycles. The third kappa shape index (κ3) is 1.84. The van der Waals surface area contributed by atoms with E-state index in [2.05, 4.69) is 41.5 Å². The van der Waals surface area contributed by atoms with Crippen molar-refractivity contribution in [3.63, 3.8) is 0 Å². The molecule has 0 aromatic carbocycles. The monoisotopic (exact) mass is 320 g/mol. The Hall–Kier alpha value is 0.355. The minimum absolute atomic E-state index is 0.438. The first kappa shape index (κ1) is 15.9. The van der Waals surface area contributed by atoms with Gasteiger partial charge >= 0.3 is 0 Å². The van der Waals surface area contributed by atoms with Gasteiger partial charge in [0.2, 0.25) is 0 Å². The fraction of sp³-hybridized carbons (Fsp3) is 1.00. The molecule has 0 aromatic heterocycles. The maximum absolute atomic E-state index is 7.19. The molecule has 6 saturated carbocycles. The Labute approximate surface area is 143 Å². The average molecular weight is 321 g/mol. The lowest BCUT2D eigenvalue weighted by molar-refractivity contribution is -0.106. The molecule has 6 fully saturated rings. The quantitative estimate of drug-likeness (QED) is 0.519. The first-order chi connectivity index (χ1) is 10.2. The Morgan fingerprint density at radius 2 is 1.09 bits per heavy atom. The van der Waals surface area contributed by atoms with Crippen molar-refractivity contribution in [1.82, 2.24) is 0 Å². The van der Waals surface area contributed by atoms with Crippen molar-refractivity contribution in [3.05, 3.63) is 0 Å². The predicted octanol–water partition coefficient (Wildman–Crippen LogP) is 6.36. The van der Waals surface area contributed by atoms with Gasteiger partial charge in [-0.1, -0.05) is 54.4 Å². The van der Waals surface area contributed by atoms with Gasteiger partial charge < -0.3 is 0 Å².